The van der Waals surface area contributed by atoms with Crippen LogP contribution in [0.15, 0.2) is 24.3 Å². The number of hydroxylamine groups is 1. The molecule has 0 saturated heterocycles. The van der Waals surface area contributed by atoms with Crippen LogP contribution in [-0.4, -0.2) is 42.3 Å². The molecule has 0 unspecified atom stereocenters. The lowest BCUT2D eigenvalue weighted by Crippen LogP contribution is -2.61. The van der Waals surface area contributed by atoms with Gasteiger partial charge in [0.05, 0.1) is 0 Å². The zero-order chi connectivity index (χ0) is 18.9. The highest BCUT2D eigenvalue weighted by Crippen LogP contribution is 2.08. The second kappa shape index (κ2) is 9.45. The van der Waals surface area contributed by atoms with Gasteiger partial charge < -0.3 is 15.8 Å². The van der Waals surface area contributed by atoms with Gasteiger partial charge >= 0.3 is 0 Å². The minimum absolute atomic E-state index is 0.313. The van der Waals surface area contributed by atoms with Crippen LogP contribution in [0, 0.1) is 23.7 Å². The molecule has 0 fully saturated rings. The van der Waals surface area contributed by atoms with Gasteiger partial charge in [-0.3, -0.25) is 14.8 Å². The van der Waals surface area contributed by atoms with E-state index in [-0.39, 0.29) is 0 Å². The van der Waals surface area contributed by atoms with Gasteiger partial charge in [-0.2, -0.15) is 0 Å². The second-order valence-corrected chi connectivity index (χ2v) is 5.77. The smallest absolute Gasteiger partial charge is 0.267 e. The predicted molar refractivity (Wildman–Crippen MR) is 92.4 cm³/mol. The van der Waals surface area contributed by atoms with Gasteiger partial charge in [0, 0.05) is 23.8 Å². The number of benzene rings is 1. The van der Waals surface area contributed by atoms with Gasteiger partial charge in [-0.25, -0.2) is 5.48 Å². The van der Waals surface area contributed by atoms with Crippen LogP contribution >= 0.6 is 0 Å². The van der Waals surface area contributed by atoms with Gasteiger partial charge in [0.15, 0.2) is 0 Å². The second-order valence-electron chi connectivity index (χ2n) is 5.77. The molecule has 0 aliphatic carbocycles. The largest absolute Gasteiger partial charge is 0.372 e. The molecular formula is C18H21N3O4. The normalized spacial score (nSPS) is 11.2. The average molecular weight is 343 g/mol. The fraction of sp³-hybridized carbons (Fsp3) is 0.333. The highest BCUT2D eigenvalue weighted by atomic mass is 16.5. The standard InChI is InChI=1S/C18H21N3O4/c1-18(2,19)15(17(23)21-24)20-16(22)14-10-8-13(9-11-14)7-5-4-6-12-25-3/h8-11,15,24H,12,19H2,1-3H3,(H,20,22)(H,21,23)/t15-/m1/s1. The molecule has 5 N–H and O–H groups in total. The van der Waals surface area contributed by atoms with Crippen molar-refractivity contribution in [3.8, 4) is 23.7 Å². The summed E-state index contributed by atoms with van der Waals surface area (Å²) in [6.07, 6.45) is 0. The van der Waals surface area contributed by atoms with E-state index in [1.165, 1.54) is 5.48 Å². The number of amides is 2. The maximum absolute atomic E-state index is 12.3. The topological polar surface area (TPSA) is 114 Å². The fourth-order valence-corrected chi connectivity index (χ4v) is 1.83. The molecule has 0 heterocycles. The van der Waals surface area contributed by atoms with E-state index in [1.54, 1.807) is 45.2 Å². The monoisotopic (exact) mass is 343 g/mol. The minimum Gasteiger partial charge on any atom is -0.372 e. The third-order valence-electron chi connectivity index (χ3n) is 3.11. The number of methoxy groups -OCH3 is 1. The number of hydrogen-bond donors (Lipinski definition) is 4. The molecule has 25 heavy (non-hydrogen) atoms. The first-order valence-corrected chi connectivity index (χ1v) is 7.41. The Hall–Kier alpha value is -2.84. The van der Waals surface area contributed by atoms with Gasteiger partial charge in [0.25, 0.3) is 11.8 Å². The molecule has 0 radical (unpaired) electrons. The van der Waals surface area contributed by atoms with E-state index in [9.17, 15) is 9.59 Å². The van der Waals surface area contributed by atoms with Gasteiger partial charge in [0.2, 0.25) is 0 Å². The number of carbonyl (C=O) groups is 2. The number of carbonyl (C=O) groups excluding carboxylic acids is 2. The lowest BCUT2D eigenvalue weighted by atomic mass is 9.95. The summed E-state index contributed by atoms with van der Waals surface area (Å²) in [4.78, 5) is 23.9. The Morgan fingerprint density at radius 1 is 1.28 bits per heavy atom. The van der Waals surface area contributed by atoms with Crippen molar-refractivity contribution >= 4 is 11.8 Å². The Kier molecular flexibility index (Phi) is 7.64. The first kappa shape index (κ1) is 20.2. The molecule has 1 aromatic rings. The van der Waals surface area contributed by atoms with E-state index in [4.69, 9.17) is 15.7 Å². The Bertz CT molecular complexity index is 728. The Morgan fingerprint density at radius 2 is 1.92 bits per heavy atom. The zero-order valence-electron chi connectivity index (χ0n) is 14.3. The molecule has 0 spiro atoms. The van der Waals surface area contributed by atoms with E-state index in [0.717, 1.165) is 0 Å². The molecule has 0 aliphatic rings. The quantitative estimate of drug-likeness (QED) is 0.342. The van der Waals surface area contributed by atoms with Crippen LogP contribution in [-0.2, 0) is 9.53 Å². The average Bonchev–Trinajstić information content (AvgIpc) is 2.58. The van der Waals surface area contributed by atoms with E-state index in [1.807, 2.05) is 0 Å². The van der Waals surface area contributed by atoms with Crippen molar-refractivity contribution in [2.24, 2.45) is 5.73 Å². The van der Waals surface area contributed by atoms with E-state index in [2.05, 4.69) is 29.0 Å². The highest BCUT2D eigenvalue weighted by molar-refractivity contribution is 5.97. The summed E-state index contributed by atoms with van der Waals surface area (Å²) in [6.45, 7) is 3.45. The highest BCUT2D eigenvalue weighted by Gasteiger charge is 2.33. The van der Waals surface area contributed by atoms with Crippen LogP contribution in [0.1, 0.15) is 29.8 Å². The molecular weight excluding hydrogens is 322 g/mol. The number of ether oxygens (including phenoxy) is 1. The molecule has 1 rings (SSSR count). The van der Waals surface area contributed by atoms with Crippen LogP contribution in [0.5, 0.6) is 0 Å². The zero-order valence-corrected chi connectivity index (χ0v) is 14.3. The van der Waals surface area contributed by atoms with Gasteiger partial charge in [-0.05, 0) is 50.0 Å². The van der Waals surface area contributed by atoms with Gasteiger partial charge in [-0.1, -0.05) is 11.8 Å². The molecule has 1 atom stereocenters. The summed E-state index contributed by atoms with van der Waals surface area (Å²) < 4.78 is 4.78. The first-order valence-electron chi connectivity index (χ1n) is 7.41. The summed E-state index contributed by atoms with van der Waals surface area (Å²) in [7, 11) is 1.55. The number of nitrogens with one attached hydrogen (secondary N) is 2. The minimum atomic E-state index is -1.10. The SMILES string of the molecule is COCC#CC#Cc1ccc(C(=O)N[C@H](C(=O)NO)C(C)(C)N)cc1. The third-order valence-corrected chi connectivity index (χ3v) is 3.11. The Morgan fingerprint density at radius 3 is 2.44 bits per heavy atom. The predicted octanol–water partition coefficient (Wildman–Crippen LogP) is 0.0290. The molecule has 0 aliphatic heterocycles. The van der Waals surface area contributed by atoms with Crippen molar-refractivity contribution in [3.63, 3.8) is 0 Å². The maximum atomic E-state index is 12.3. The van der Waals surface area contributed by atoms with Crippen LogP contribution < -0.4 is 16.5 Å². The van der Waals surface area contributed by atoms with Crippen molar-refractivity contribution < 1.29 is 19.5 Å². The summed E-state index contributed by atoms with van der Waals surface area (Å²) in [5.74, 6) is 9.56. The van der Waals surface area contributed by atoms with Gasteiger partial charge in [-0.15, -0.1) is 0 Å². The van der Waals surface area contributed by atoms with Crippen LogP contribution in [0.25, 0.3) is 0 Å². The molecule has 132 valence electrons. The van der Waals surface area contributed by atoms with E-state index in [0.29, 0.717) is 17.7 Å². The summed E-state index contributed by atoms with van der Waals surface area (Å²) >= 11 is 0. The number of nitrogens with two attached hydrogens (primary N) is 1. The van der Waals surface area contributed by atoms with E-state index < -0.39 is 23.4 Å². The molecule has 0 saturated carbocycles. The van der Waals surface area contributed by atoms with Crippen molar-refractivity contribution in [1.82, 2.24) is 10.8 Å². The van der Waals surface area contributed by atoms with Crippen LogP contribution in [0.3, 0.4) is 0 Å². The van der Waals surface area contributed by atoms with Crippen molar-refractivity contribution in [2.45, 2.75) is 25.4 Å². The molecule has 7 heteroatoms. The maximum Gasteiger partial charge on any atom is 0.267 e. The molecule has 2 amide bonds. The van der Waals surface area contributed by atoms with Crippen molar-refractivity contribution in [3.05, 3.63) is 35.4 Å². The molecule has 0 aromatic heterocycles. The summed E-state index contributed by atoms with van der Waals surface area (Å²) in [6, 6.07) is 5.36. The van der Waals surface area contributed by atoms with Crippen LogP contribution in [0.2, 0.25) is 0 Å². The van der Waals surface area contributed by atoms with E-state index >= 15 is 0 Å². The Labute approximate surface area is 146 Å². The lowest BCUT2D eigenvalue weighted by molar-refractivity contribution is -0.132. The Balaban J connectivity index is 2.83. The molecule has 1 aromatic carbocycles. The number of hydrogen-bond acceptors (Lipinski definition) is 5. The van der Waals surface area contributed by atoms with Gasteiger partial charge in [0.1, 0.15) is 12.6 Å². The third kappa shape index (κ3) is 6.66. The first-order chi connectivity index (χ1) is 11.8. The fourth-order valence-electron chi connectivity index (χ4n) is 1.83. The number of rotatable bonds is 5. The summed E-state index contributed by atoms with van der Waals surface area (Å²) in [5.41, 5.74) is 7.33. The molecule has 0 bridgehead atoms. The van der Waals surface area contributed by atoms with Crippen LogP contribution in [0.4, 0.5) is 0 Å². The molecule has 7 nitrogen and oxygen atoms in total. The lowest BCUT2D eigenvalue weighted by Gasteiger charge is -2.29. The van der Waals surface area contributed by atoms with Crippen molar-refractivity contribution in [1.29, 1.82) is 0 Å². The summed E-state index contributed by atoms with van der Waals surface area (Å²) in [5, 5.41) is 11.3. The van der Waals surface area contributed by atoms with Crippen molar-refractivity contribution in [2.75, 3.05) is 13.7 Å².